The van der Waals surface area contributed by atoms with E-state index in [1.165, 1.54) is 5.57 Å². The summed E-state index contributed by atoms with van der Waals surface area (Å²) >= 11 is 0. The summed E-state index contributed by atoms with van der Waals surface area (Å²) in [6.45, 7) is 8.60. The Morgan fingerprint density at radius 2 is 2.38 bits per heavy atom. The van der Waals surface area contributed by atoms with Crippen molar-refractivity contribution in [1.29, 1.82) is 0 Å². The molecule has 0 aliphatic rings. The lowest BCUT2D eigenvalue weighted by Gasteiger charge is -2.02. The van der Waals surface area contributed by atoms with E-state index < -0.39 is 0 Å². The highest BCUT2D eigenvalue weighted by Gasteiger charge is 2.01. The Morgan fingerprint density at radius 3 is 2.85 bits per heavy atom. The summed E-state index contributed by atoms with van der Waals surface area (Å²) in [5.74, 6) is 0. The van der Waals surface area contributed by atoms with Crippen molar-refractivity contribution >= 4 is 0 Å². The fourth-order valence-corrected chi connectivity index (χ4v) is 1.17. The van der Waals surface area contributed by atoms with Crippen LogP contribution in [0.1, 0.15) is 31.9 Å². The molecule has 13 heavy (non-hydrogen) atoms. The monoisotopic (exact) mass is 179 g/mol. The average Bonchev–Trinajstić information content (AvgIpc) is 2.48. The van der Waals surface area contributed by atoms with Gasteiger partial charge in [-0.3, -0.25) is 0 Å². The summed E-state index contributed by atoms with van der Waals surface area (Å²) in [6.07, 6.45) is 4.60. The molecule has 0 aliphatic heterocycles. The van der Waals surface area contributed by atoms with E-state index in [9.17, 15) is 5.11 Å². The van der Waals surface area contributed by atoms with Crippen LogP contribution in [-0.2, 0) is 6.54 Å². The van der Waals surface area contributed by atoms with E-state index in [-0.39, 0.29) is 6.10 Å². The van der Waals surface area contributed by atoms with Gasteiger partial charge in [-0.05, 0) is 31.9 Å². The van der Waals surface area contributed by atoms with Gasteiger partial charge >= 0.3 is 0 Å². The molecule has 0 aromatic carbocycles. The van der Waals surface area contributed by atoms with E-state index in [0.717, 1.165) is 18.5 Å². The minimum absolute atomic E-state index is 0.369. The zero-order chi connectivity index (χ0) is 9.84. The lowest BCUT2D eigenvalue weighted by molar-refractivity contribution is 0.199. The second-order valence-electron chi connectivity index (χ2n) is 3.57. The molecule has 0 fully saturated rings. The zero-order valence-electron chi connectivity index (χ0n) is 8.33. The first-order chi connectivity index (χ1) is 6.09. The van der Waals surface area contributed by atoms with Gasteiger partial charge in [0.15, 0.2) is 0 Å². The number of aryl methyl sites for hydroxylation is 1. The van der Waals surface area contributed by atoms with Crippen molar-refractivity contribution in [2.45, 2.75) is 32.9 Å². The second kappa shape index (κ2) is 4.28. The van der Waals surface area contributed by atoms with Gasteiger partial charge in [-0.15, -0.1) is 6.58 Å². The van der Waals surface area contributed by atoms with Crippen LogP contribution in [0.25, 0.3) is 0 Å². The Hall–Kier alpha value is -1.02. The van der Waals surface area contributed by atoms with Crippen molar-refractivity contribution in [3.05, 3.63) is 36.2 Å². The molecule has 0 saturated carbocycles. The molecule has 0 bridgehead atoms. The molecule has 2 nitrogen and oxygen atoms in total. The van der Waals surface area contributed by atoms with Crippen molar-refractivity contribution in [1.82, 2.24) is 4.57 Å². The second-order valence-corrected chi connectivity index (χ2v) is 3.57. The van der Waals surface area contributed by atoms with Crippen LogP contribution in [0.2, 0.25) is 0 Å². The van der Waals surface area contributed by atoms with Gasteiger partial charge in [-0.2, -0.15) is 0 Å². The summed E-state index contributed by atoms with van der Waals surface area (Å²) in [5.41, 5.74) is 2.16. The summed E-state index contributed by atoms with van der Waals surface area (Å²) in [5, 5.41) is 9.28. The summed E-state index contributed by atoms with van der Waals surface area (Å²) in [6, 6.07) is 1.95. The Labute approximate surface area is 79.5 Å². The fraction of sp³-hybridized carbons (Fsp3) is 0.455. The Bertz CT molecular complexity index is 286. The average molecular weight is 179 g/mol. The van der Waals surface area contributed by atoms with Gasteiger partial charge in [0.1, 0.15) is 0 Å². The maximum absolute atomic E-state index is 9.28. The first-order valence-electron chi connectivity index (χ1n) is 4.57. The summed E-state index contributed by atoms with van der Waals surface area (Å²) in [4.78, 5) is 0. The molecule has 0 spiro atoms. The zero-order valence-corrected chi connectivity index (χ0v) is 8.33. The van der Waals surface area contributed by atoms with Gasteiger partial charge in [0.25, 0.3) is 0 Å². The van der Waals surface area contributed by atoms with Gasteiger partial charge < -0.3 is 9.67 Å². The maximum atomic E-state index is 9.28. The minimum atomic E-state index is -0.369. The highest BCUT2D eigenvalue weighted by molar-refractivity contribution is 5.12. The Kier molecular flexibility index (Phi) is 3.32. The van der Waals surface area contributed by atoms with Gasteiger partial charge in [0, 0.05) is 18.9 Å². The predicted octanol–water partition coefficient (Wildman–Crippen LogP) is 2.51. The van der Waals surface area contributed by atoms with Crippen LogP contribution in [0.15, 0.2) is 30.6 Å². The number of hydrogen-bond acceptors (Lipinski definition) is 1. The molecule has 2 heteroatoms. The van der Waals surface area contributed by atoms with Gasteiger partial charge in [-0.25, -0.2) is 0 Å². The molecule has 0 radical (unpaired) electrons. The molecule has 1 N–H and O–H groups in total. The van der Waals surface area contributed by atoms with Gasteiger partial charge in [0.2, 0.25) is 0 Å². The number of aliphatic hydroxyl groups is 1. The van der Waals surface area contributed by atoms with Crippen LogP contribution >= 0.6 is 0 Å². The molecule has 0 aliphatic carbocycles. The molecule has 1 aromatic heterocycles. The van der Waals surface area contributed by atoms with Crippen molar-refractivity contribution in [3.8, 4) is 0 Å². The summed E-state index contributed by atoms with van der Waals surface area (Å²) < 4.78 is 2.08. The van der Waals surface area contributed by atoms with Gasteiger partial charge in [0.05, 0.1) is 6.10 Å². The van der Waals surface area contributed by atoms with Crippen LogP contribution in [0.4, 0.5) is 0 Å². The number of aromatic nitrogens is 1. The molecule has 72 valence electrons. The Balaban J connectivity index is 2.54. The van der Waals surface area contributed by atoms with Crippen molar-refractivity contribution in [2.24, 2.45) is 0 Å². The van der Waals surface area contributed by atoms with E-state index >= 15 is 0 Å². The quantitative estimate of drug-likeness (QED) is 0.706. The van der Waals surface area contributed by atoms with Crippen LogP contribution in [0.3, 0.4) is 0 Å². The molecule has 0 saturated heterocycles. The molecule has 1 atom stereocenters. The van der Waals surface area contributed by atoms with E-state index in [1.807, 2.05) is 25.4 Å². The van der Waals surface area contributed by atoms with Crippen molar-refractivity contribution < 1.29 is 5.11 Å². The van der Waals surface area contributed by atoms with E-state index in [0.29, 0.717) is 0 Å². The Morgan fingerprint density at radius 1 is 1.69 bits per heavy atom. The molecule has 1 heterocycles. The fourth-order valence-electron chi connectivity index (χ4n) is 1.17. The van der Waals surface area contributed by atoms with Crippen molar-refractivity contribution in [2.75, 3.05) is 0 Å². The number of nitrogens with zero attached hydrogens (tertiary/aromatic N) is 1. The third-order valence-electron chi connectivity index (χ3n) is 2.05. The number of rotatable bonds is 4. The maximum Gasteiger partial charge on any atom is 0.0776 e. The smallest absolute Gasteiger partial charge is 0.0776 e. The topological polar surface area (TPSA) is 25.2 Å². The lowest BCUT2D eigenvalue weighted by atomic mass is 10.2. The van der Waals surface area contributed by atoms with E-state index in [1.54, 1.807) is 6.92 Å². The first kappa shape index (κ1) is 10.1. The largest absolute Gasteiger partial charge is 0.389 e. The molecule has 1 aromatic rings. The normalized spacial score (nSPS) is 12.8. The van der Waals surface area contributed by atoms with Crippen LogP contribution in [-0.4, -0.2) is 9.67 Å². The predicted molar refractivity (Wildman–Crippen MR) is 54.5 cm³/mol. The standard InChI is InChI=1S/C11H17NO/c1-9(2)4-6-12-7-5-11(8-12)10(3)13/h5,7-8,10,13H,1,4,6H2,2-3H3. The van der Waals surface area contributed by atoms with Gasteiger partial charge in [-0.1, -0.05) is 5.57 Å². The highest BCUT2D eigenvalue weighted by Crippen LogP contribution is 2.12. The van der Waals surface area contributed by atoms with Crippen LogP contribution in [0.5, 0.6) is 0 Å². The number of aliphatic hydroxyl groups excluding tert-OH is 1. The highest BCUT2D eigenvalue weighted by atomic mass is 16.3. The third kappa shape index (κ3) is 3.07. The molecule has 1 rings (SSSR count). The minimum Gasteiger partial charge on any atom is -0.389 e. The van der Waals surface area contributed by atoms with E-state index in [4.69, 9.17) is 0 Å². The molecular formula is C11H17NO. The summed E-state index contributed by atoms with van der Waals surface area (Å²) in [7, 11) is 0. The third-order valence-corrected chi connectivity index (χ3v) is 2.05. The SMILES string of the molecule is C=C(C)CCn1ccc(C(C)O)c1. The molecule has 1 unspecified atom stereocenters. The first-order valence-corrected chi connectivity index (χ1v) is 4.57. The molecule has 0 amide bonds. The lowest BCUT2D eigenvalue weighted by Crippen LogP contribution is -1.95. The molecular weight excluding hydrogens is 162 g/mol. The van der Waals surface area contributed by atoms with Crippen LogP contribution < -0.4 is 0 Å². The number of hydrogen-bond donors (Lipinski definition) is 1. The van der Waals surface area contributed by atoms with Crippen molar-refractivity contribution in [3.63, 3.8) is 0 Å². The van der Waals surface area contributed by atoms with E-state index in [2.05, 4.69) is 11.1 Å². The number of allylic oxidation sites excluding steroid dienone is 1. The van der Waals surface area contributed by atoms with Crippen LogP contribution in [0, 0.1) is 0 Å².